The molecule has 0 bridgehead atoms. The Bertz CT molecular complexity index is 707. The fraction of sp³-hybridized carbons (Fsp3) is 0.176. The van der Waals surface area contributed by atoms with E-state index in [1.165, 1.54) is 5.56 Å². The molecule has 4 heteroatoms. The van der Waals surface area contributed by atoms with Gasteiger partial charge in [-0.3, -0.25) is 0 Å². The lowest BCUT2D eigenvalue weighted by Gasteiger charge is -2.06. The number of halogens is 1. The molecule has 1 aromatic heterocycles. The van der Waals surface area contributed by atoms with Crippen molar-refractivity contribution in [1.29, 1.82) is 0 Å². The van der Waals surface area contributed by atoms with Crippen LogP contribution in [0.2, 0.25) is 5.02 Å². The van der Waals surface area contributed by atoms with Crippen molar-refractivity contribution < 1.29 is 4.52 Å². The second-order valence-electron chi connectivity index (χ2n) is 5.05. The maximum absolute atomic E-state index is 5.90. The smallest absolute Gasteiger partial charge is 0.230 e. The molecule has 1 heterocycles. The summed E-state index contributed by atoms with van der Waals surface area (Å²) in [5, 5.41) is 4.80. The van der Waals surface area contributed by atoms with Gasteiger partial charge in [0.05, 0.1) is 0 Å². The number of benzene rings is 2. The molecule has 0 spiro atoms. The lowest BCUT2D eigenvalue weighted by molar-refractivity contribution is 0.359. The molecule has 0 saturated heterocycles. The summed E-state index contributed by atoms with van der Waals surface area (Å²) < 4.78 is 5.39. The highest BCUT2D eigenvalue weighted by atomic mass is 35.5. The van der Waals surface area contributed by atoms with Crippen LogP contribution in [-0.2, 0) is 6.42 Å². The van der Waals surface area contributed by atoms with Crippen molar-refractivity contribution in [3.05, 3.63) is 71.1 Å². The summed E-state index contributed by atoms with van der Waals surface area (Å²) in [6.45, 7) is 2.08. The van der Waals surface area contributed by atoms with Crippen LogP contribution in [0.5, 0.6) is 0 Å². The first kappa shape index (κ1) is 13.8. The van der Waals surface area contributed by atoms with Crippen LogP contribution in [0.1, 0.15) is 24.3 Å². The van der Waals surface area contributed by atoms with Crippen molar-refractivity contribution in [2.45, 2.75) is 19.3 Å². The molecule has 0 N–H and O–H groups in total. The van der Waals surface area contributed by atoms with Crippen LogP contribution in [0, 0.1) is 0 Å². The van der Waals surface area contributed by atoms with E-state index >= 15 is 0 Å². The molecule has 21 heavy (non-hydrogen) atoms. The van der Waals surface area contributed by atoms with Gasteiger partial charge in [-0.15, -0.1) is 0 Å². The molecule has 0 aliphatic rings. The molecule has 0 saturated carbocycles. The van der Waals surface area contributed by atoms with Crippen molar-refractivity contribution in [2.75, 3.05) is 0 Å². The predicted octanol–water partition coefficient (Wildman–Crippen LogP) is 4.74. The highest BCUT2D eigenvalue weighted by Gasteiger charge is 2.15. The zero-order valence-corrected chi connectivity index (χ0v) is 12.4. The highest BCUT2D eigenvalue weighted by Crippen LogP contribution is 2.23. The minimum absolute atomic E-state index is 0.163. The van der Waals surface area contributed by atoms with Crippen LogP contribution in [0.15, 0.2) is 59.1 Å². The largest absolute Gasteiger partial charge is 0.339 e. The zero-order valence-electron chi connectivity index (χ0n) is 11.7. The molecule has 1 atom stereocenters. The Morgan fingerprint density at radius 1 is 1.05 bits per heavy atom. The summed E-state index contributed by atoms with van der Waals surface area (Å²) in [6, 6.07) is 17.7. The van der Waals surface area contributed by atoms with Gasteiger partial charge in [0.15, 0.2) is 0 Å². The molecular weight excluding hydrogens is 284 g/mol. The Morgan fingerprint density at radius 3 is 2.48 bits per heavy atom. The van der Waals surface area contributed by atoms with Gasteiger partial charge in [0.2, 0.25) is 11.7 Å². The van der Waals surface area contributed by atoms with Crippen molar-refractivity contribution in [1.82, 2.24) is 10.1 Å². The Labute approximate surface area is 128 Å². The van der Waals surface area contributed by atoms with E-state index in [0.29, 0.717) is 11.7 Å². The van der Waals surface area contributed by atoms with Crippen LogP contribution >= 0.6 is 11.6 Å². The van der Waals surface area contributed by atoms with Crippen LogP contribution in [0.25, 0.3) is 11.4 Å². The van der Waals surface area contributed by atoms with Crippen LogP contribution in [0.3, 0.4) is 0 Å². The van der Waals surface area contributed by atoms with E-state index in [1.54, 1.807) is 0 Å². The van der Waals surface area contributed by atoms with E-state index in [2.05, 4.69) is 17.1 Å². The van der Waals surface area contributed by atoms with Gasteiger partial charge in [-0.25, -0.2) is 0 Å². The first-order chi connectivity index (χ1) is 10.2. The molecule has 3 aromatic rings. The summed E-state index contributed by atoms with van der Waals surface area (Å²) in [5.74, 6) is 1.45. The highest BCUT2D eigenvalue weighted by molar-refractivity contribution is 6.30. The second kappa shape index (κ2) is 6.10. The Hall–Kier alpha value is -2.13. The molecule has 2 aromatic carbocycles. The fourth-order valence-corrected chi connectivity index (χ4v) is 2.33. The van der Waals surface area contributed by atoms with Crippen LogP contribution in [0.4, 0.5) is 0 Å². The van der Waals surface area contributed by atoms with Crippen molar-refractivity contribution >= 4 is 11.6 Å². The molecule has 3 rings (SSSR count). The van der Waals surface area contributed by atoms with E-state index in [-0.39, 0.29) is 5.92 Å². The van der Waals surface area contributed by atoms with Gasteiger partial charge in [-0.2, -0.15) is 4.98 Å². The van der Waals surface area contributed by atoms with E-state index in [0.717, 1.165) is 17.0 Å². The Balaban J connectivity index is 1.75. The molecule has 3 nitrogen and oxygen atoms in total. The topological polar surface area (TPSA) is 38.9 Å². The third-order valence-electron chi connectivity index (χ3n) is 3.35. The minimum Gasteiger partial charge on any atom is -0.339 e. The van der Waals surface area contributed by atoms with Gasteiger partial charge >= 0.3 is 0 Å². The van der Waals surface area contributed by atoms with E-state index in [9.17, 15) is 0 Å². The number of aromatic nitrogens is 2. The fourth-order valence-electron chi connectivity index (χ4n) is 2.20. The van der Waals surface area contributed by atoms with Gasteiger partial charge in [-0.05, 0) is 24.1 Å². The summed E-state index contributed by atoms with van der Waals surface area (Å²) >= 11 is 5.90. The van der Waals surface area contributed by atoms with E-state index in [1.807, 2.05) is 54.6 Å². The van der Waals surface area contributed by atoms with Crippen molar-refractivity contribution in [3.8, 4) is 11.4 Å². The minimum atomic E-state index is 0.163. The average molecular weight is 299 g/mol. The normalized spacial score (nSPS) is 12.3. The monoisotopic (exact) mass is 298 g/mol. The predicted molar refractivity (Wildman–Crippen MR) is 83.3 cm³/mol. The molecule has 0 aliphatic carbocycles. The summed E-state index contributed by atoms with van der Waals surface area (Å²) in [5.41, 5.74) is 2.16. The van der Waals surface area contributed by atoms with Crippen molar-refractivity contribution in [2.24, 2.45) is 0 Å². The maximum Gasteiger partial charge on any atom is 0.230 e. The molecule has 0 radical (unpaired) electrons. The third kappa shape index (κ3) is 3.31. The Kier molecular flexibility index (Phi) is 4.02. The maximum atomic E-state index is 5.90. The lowest BCUT2D eigenvalue weighted by atomic mass is 10.0. The summed E-state index contributed by atoms with van der Waals surface area (Å²) in [4.78, 5) is 4.49. The number of hydrogen-bond acceptors (Lipinski definition) is 3. The standard InChI is InChI=1S/C17H15ClN2O/c1-12(11-13-7-9-15(18)10-8-13)17-19-16(20-21-17)14-5-3-2-4-6-14/h2-10,12H,11H2,1H3/t12-/m0/s1. The number of hydrogen-bond donors (Lipinski definition) is 0. The molecule has 106 valence electrons. The first-order valence-electron chi connectivity index (χ1n) is 6.86. The third-order valence-corrected chi connectivity index (χ3v) is 3.60. The number of nitrogens with zero attached hydrogens (tertiary/aromatic N) is 2. The van der Waals surface area contributed by atoms with E-state index < -0.39 is 0 Å². The van der Waals surface area contributed by atoms with Crippen molar-refractivity contribution in [3.63, 3.8) is 0 Å². The van der Waals surface area contributed by atoms with Gasteiger partial charge in [0, 0.05) is 16.5 Å². The lowest BCUT2D eigenvalue weighted by Crippen LogP contribution is -1.98. The molecule has 0 amide bonds. The molecular formula is C17H15ClN2O. The van der Waals surface area contributed by atoms with Crippen LogP contribution < -0.4 is 0 Å². The average Bonchev–Trinajstić information content (AvgIpc) is 3.00. The molecule has 0 unspecified atom stereocenters. The van der Waals surface area contributed by atoms with Crippen LogP contribution in [-0.4, -0.2) is 10.1 Å². The second-order valence-corrected chi connectivity index (χ2v) is 5.49. The zero-order chi connectivity index (χ0) is 14.7. The quantitative estimate of drug-likeness (QED) is 0.698. The van der Waals surface area contributed by atoms with Gasteiger partial charge in [0.1, 0.15) is 0 Å². The summed E-state index contributed by atoms with van der Waals surface area (Å²) in [6.07, 6.45) is 0.841. The molecule has 0 aliphatic heterocycles. The van der Waals surface area contributed by atoms with Gasteiger partial charge < -0.3 is 4.52 Å². The van der Waals surface area contributed by atoms with E-state index in [4.69, 9.17) is 16.1 Å². The Morgan fingerprint density at radius 2 is 1.76 bits per heavy atom. The number of rotatable bonds is 4. The first-order valence-corrected chi connectivity index (χ1v) is 7.23. The SMILES string of the molecule is C[C@@H](Cc1ccc(Cl)cc1)c1nc(-c2ccccc2)no1. The summed E-state index contributed by atoms with van der Waals surface area (Å²) in [7, 11) is 0. The van der Waals surface area contributed by atoms with Gasteiger partial charge in [0.25, 0.3) is 0 Å². The van der Waals surface area contributed by atoms with Gasteiger partial charge in [-0.1, -0.05) is 66.1 Å². The molecule has 0 fully saturated rings.